The summed E-state index contributed by atoms with van der Waals surface area (Å²) in [7, 11) is 2.45. The summed E-state index contributed by atoms with van der Waals surface area (Å²) in [6, 6.07) is 3.94. The van der Waals surface area contributed by atoms with Crippen LogP contribution in [0.1, 0.15) is 12.5 Å². The van der Waals surface area contributed by atoms with Crippen molar-refractivity contribution in [3.05, 3.63) is 33.1 Å². The zero-order valence-corrected chi connectivity index (χ0v) is 17.1. The van der Waals surface area contributed by atoms with Gasteiger partial charge >= 0.3 is 11.9 Å². The van der Waals surface area contributed by atoms with E-state index in [-0.39, 0.29) is 11.5 Å². The lowest BCUT2D eigenvalue weighted by atomic mass is 10.2. The number of imide groups is 1. The average Bonchev–Trinajstić information content (AvgIpc) is 2.92. The number of amides is 2. The van der Waals surface area contributed by atoms with Crippen LogP contribution in [-0.2, 0) is 23.9 Å². The molecule has 0 saturated carbocycles. The van der Waals surface area contributed by atoms with E-state index in [4.69, 9.17) is 4.74 Å². The van der Waals surface area contributed by atoms with E-state index in [9.17, 15) is 19.2 Å². The molecule has 0 spiro atoms. The van der Waals surface area contributed by atoms with Gasteiger partial charge in [-0.3, -0.25) is 14.5 Å². The van der Waals surface area contributed by atoms with E-state index in [0.29, 0.717) is 15.8 Å². The zero-order valence-electron chi connectivity index (χ0n) is 14.7. The van der Waals surface area contributed by atoms with Gasteiger partial charge in [0.25, 0.3) is 11.1 Å². The van der Waals surface area contributed by atoms with Gasteiger partial charge < -0.3 is 14.2 Å². The molecular formula is C17H16BrNO7S. The topological polar surface area (TPSA) is 99.2 Å². The number of ether oxygens (including phenoxy) is 3. The molecule has 144 valence electrons. The van der Waals surface area contributed by atoms with Gasteiger partial charge in [0.1, 0.15) is 11.8 Å². The fourth-order valence-corrected chi connectivity index (χ4v) is 3.58. The smallest absolute Gasteiger partial charge is 0.343 e. The number of carbonyl (C=O) groups is 4. The first-order valence-corrected chi connectivity index (χ1v) is 9.23. The molecule has 1 saturated heterocycles. The molecule has 0 radical (unpaired) electrons. The number of methoxy groups -OCH3 is 2. The molecule has 2 rings (SSSR count). The van der Waals surface area contributed by atoms with Crippen LogP contribution in [0.15, 0.2) is 27.6 Å². The fraction of sp³-hybridized carbons (Fsp3) is 0.294. The summed E-state index contributed by atoms with van der Waals surface area (Å²) in [6.45, 7) is 1.19. The minimum absolute atomic E-state index is 0.186. The summed E-state index contributed by atoms with van der Waals surface area (Å²) < 4.78 is 15.0. The van der Waals surface area contributed by atoms with Gasteiger partial charge in [-0.15, -0.1) is 0 Å². The van der Waals surface area contributed by atoms with E-state index in [1.807, 2.05) is 0 Å². The second-order valence-electron chi connectivity index (χ2n) is 5.31. The average molecular weight is 458 g/mol. The second kappa shape index (κ2) is 9.05. The Morgan fingerprint density at radius 3 is 2.56 bits per heavy atom. The number of esters is 2. The molecule has 0 aliphatic carbocycles. The van der Waals surface area contributed by atoms with Gasteiger partial charge in [-0.1, -0.05) is 6.07 Å². The molecule has 1 aliphatic rings. The minimum Gasteiger partial charge on any atom is -0.481 e. The highest BCUT2D eigenvalue weighted by Crippen LogP contribution is 2.35. The standard InChI is InChI=1S/C17H16BrNO7S/c1-9(16(22)25-3)19-15(21)13(27-17(19)23)7-10-4-5-12(11(18)6-10)26-8-14(20)24-2/h4-7,9H,8H2,1-3H3/b13-7+/t9-/m0/s1. The molecule has 1 heterocycles. The molecular weight excluding hydrogens is 442 g/mol. The first kappa shape index (κ1) is 21.0. The zero-order chi connectivity index (χ0) is 20.1. The number of halogens is 1. The number of carbonyl (C=O) groups excluding carboxylic acids is 4. The Balaban J connectivity index is 2.18. The van der Waals surface area contributed by atoms with Gasteiger partial charge in [-0.2, -0.15) is 0 Å². The van der Waals surface area contributed by atoms with Crippen molar-refractivity contribution in [2.24, 2.45) is 0 Å². The monoisotopic (exact) mass is 457 g/mol. The normalized spacial score (nSPS) is 16.4. The highest BCUT2D eigenvalue weighted by Gasteiger charge is 2.41. The summed E-state index contributed by atoms with van der Waals surface area (Å²) in [4.78, 5) is 48.4. The van der Waals surface area contributed by atoms with Crippen molar-refractivity contribution in [1.29, 1.82) is 0 Å². The summed E-state index contributed by atoms with van der Waals surface area (Å²) in [5, 5.41) is -0.541. The van der Waals surface area contributed by atoms with E-state index in [1.54, 1.807) is 18.2 Å². The molecule has 0 N–H and O–H groups in total. The van der Waals surface area contributed by atoms with Gasteiger partial charge in [0.05, 0.1) is 23.6 Å². The number of hydrogen-bond acceptors (Lipinski definition) is 8. The van der Waals surface area contributed by atoms with Crippen molar-refractivity contribution in [2.45, 2.75) is 13.0 Å². The maximum atomic E-state index is 12.5. The van der Waals surface area contributed by atoms with Crippen molar-refractivity contribution >= 4 is 56.9 Å². The van der Waals surface area contributed by atoms with Crippen LogP contribution in [0, 0.1) is 0 Å². The molecule has 1 aromatic carbocycles. The molecule has 1 atom stereocenters. The van der Waals surface area contributed by atoms with E-state index < -0.39 is 29.1 Å². The Bertz CT molecular complexity index is 823. The Labute approximate surface area is 167 Å². The van der Waals surface area contributed by atoms with Crippen LogP contribution in [-0.4, -0.2) is 54.9 Å². The van der Waals surface area contributed by atoms with Gasteiger partial charge in [-0.05, 0) is 58.4 Å². The van der Waals surface area contributed by atoms with Crippen LogP contribution in [0.2, 0.25) is 0 Å². The van der Waals surface area contributed by atoms with E-state index in [0.717, 1.165) is 16.7 Å². The molecule has 1 aliphatic heterocycles. The summed E-state index contributed by atoms with van der Waals surface area (Å²) in [5.41, 5.74) is 0.628. The Morgan fingerprint density at radius 2 is 1.96 bits per heavy atom. The molecule has 27 heavy (non-hydrogen) atoms. The van der Waals surface area contributed by atoms with Crippen LogP contribution < -0.4 is 4.74 Å². The third-order valence-electron chi connectivity index (χ3n) is 3.58. The van der Waals surface area contributed by atoms with Crippen LogP contribution in [0.4, 0.5) is 4.79 Å². The summed E-state index contributed by atoms with van der Waals surface area (Å²) >= 11 is 4.07. The largest absolute Gasteiger partial charge is 0.481 e. The van der Waals surface area contributed by atoms with Crippen molar-refractivity contribution in [3.8, 4) is 5.75 Å². The van der Waals surface area contributed by atoms with Crippen molar-refractivity contribution < 1.29 is 33.4 Å². The lowest BCUT2D eigenvalue weighted by Gasteiger charge is -2.18. The number of rotatable bonds is 6. The summed E-state index contributed by atoms with van der Waals surface area (Å²) in [6.07, 6.45) is 1.53. The second-order valence-corrected chi connectivity index (χ2v) is 7.15. The number of benzene rings is 1. The Hall–Kier alpha value is -2.33. The maximum absolute atomic E-state index is 12.5. The third-order valence-corrected chi connectivity index (χ3v) is 5.08. The first-order valence-electron chi connectivity index (χ1n) is 7.62. The molecule has 8 nitrogen and oxygen atoms in total. The van der Waals surface area contributed by atoms with E-state index >= 15 is 0 Å². The highest BCUT2D eigenvalue weighted by atomic mass is 79.9. The lowest BCUT2D eigenvalue weighted by Crippen LogP contribution is -2.42. The van der Waals surface area contributed by atoms with Crippen LogP contribution in [0.25, 0.3) is 6.08 Å². The van der Waals surface area contributed by atoms with E-state index in [1.165, 1.54) is 27.2 Å². The molecule has 10 heteroatoms. The maximum Gasteiger partial charge on any atom is 0.343 e. The molecule has 2 amide bonds. The van der Waals surface area contributed by atoms with Crippen molar-refractivity contribution in [2.75, 3.05) is 20.8 Å². The van der Waals surface area contributed by atoms with Crippen molar-refractivity contribution in [1.82, 2.24) is 4.90 Å². The molecule has 1 fully saturated rings. The van der Waals surface area contributed by atoms with Crippen LogP contribution in [0.5, 0.6) is 5.75 Å². The Morgan fingerprint density at radius 1 is 1.26 bits per heavy atom. The Kier molecular flexibility index (Phi) is 7.03. The van der Waals surface area contributed by atoms with Gasteiger partial charge in [0.15, 0.2) is 6.61 Å². The quantitative estimate of drug-likeness (QED) is 0.474. The predicted octanol–water partition coefficient (Wildman–Crippen LogP) is 2.60. The SMILES string of the molecule is COC(=O)COc1ccc(/C=C2/SC(=O)N([C@@H](C)C(=O)OC)C2=O)cc1Br. The molecule has 1 aromatic rings. The minimum atomic E-state index is -1.01. The van der Waals surface area contributed by atoms with Gasteiger partial charge in [0, 0.05) is 0 Å². The van der Waals surface area contributed by atoms with E-state index in [2.05, 4.69) is 25.4 Å². The van der Waals surface area contributed by atoms with Crippen LogP contribution >= 0.6 is 27.7 Å². The van der Waals surface area contributed by atoms with Crippen molar-refractivity contribution in [3.63, 3.8) is 0 Å². The van der Waals surface area contributed by atoms with Gasteiger partial charge in [-0.25, -0.2) is 9.59 Å². The van der Waals surface area contributed by atoms with Gasteiger partial charge in [0.2, 0.25) is 0 Å². The predicted molar refractivity (Wildman–Crippen MR) is 101 cm³/mol. The molecule has 0 unspecified atom stereocenters. The lowest BCUT2D eigenvalue weighted by molar-refractivity contribution is -0.148. The molecule has 0 bridgehead atoms. The highest BCUT2D eigenvalue weighted by molar-refractivity contribution is 9.10. The number of hydrogen-bond donors (Lipinski definition) is 0. The van der Waals surface area contributed by atoms with Crippen LogP contribution in [0.3, 0.4) is 0 Å². The summed E-state index contributed by atoms with van der Waals surface area (Å²) in [5.74, 6) is -1.33. The third kappa shape index (κ3) is 4.89. The number of nitrogens with zero attached hydrogens (tertiary/aromatic N) is 1. The fourth-order valence-electron chi connectivity index (χ4n) is 2.16. The first-order chi connectivity index (χ1) is 12.8. The number of thioether (sulfide) groups is 1. The molecule has 0 aromatic heterocycles.